The minimum atomic E-state index is -3.80. The van der Waals surface area contributed by atoms with E-state index in [2.05, 4.69) is 10.4 Å². The molecule has 9 heteroatoms. The van der Waals surface area contributed by atoms with E-state index in [-0.39, 0.29) is 16.4 Å². The summed E-state index contributed by atoms with van der Waals surface area (Å²) in [5.74, 6) is -0.343. The molecule has 3 rings (SSSR count). The van der Waals surface area contributed by atoms with Crippen molar-refractivity contribution >= 4 is 15.9 Å². The summed E-state index contributed by atoms with van der Waals surface area (Å²) >= 11 is 0. The molecule has 0 saturated heterocycles. The second kappa shape index (κ2) is 8.80. The number of aromatic nitrogens is 2. The summed E-state index contributed by atoms with van der Waals surface area (Å²) in [4.78, 5) is 24.1. The molecule has 0 spiro atoms. The molecule has 29 heavy (non-hydrogen) atoms. The molecule has 0 aliphatic carbocycles. The number of primary sulfonamides is 1. The Morgan fingerprint density at radius 2 is 1.69 bits per heavy atom. The first-order chi connectivity index (χ1) is 13.8. The maximum atomic E-state index is 12.1. The highest BCUT2D eigenvalue weighted by Gasteiger charge is 2.10. The SMILES string of the molecule is NS(=O)(=O)c1ccc(C(=O)NCCCn2nc(-c3ccccc3)ccc2=O)cc1. The largest absolute Gasteiger partial charge is 0.352 e. The van der Waals surface area contributed by atoms with Crippen molar-refractivity contribution in [2.45, 2.75) is 17.9 Å². The van der Waals surface area contributed by atoms with Gasteiger partial charge in [-0.15, -0.1) is 0 Å². The molecule has 0 fully saturated rings. The Morgan fingerprint density at radius 3 is 2.34 bits per heavy atom. The van der Waals surface area contributed by atoms with E-state index in [0.29, 0.717) is 30.8 Å². The number of amides is 1. The number of nitrogens with one attached hydrogen (secondary N) is 1. The van der Waals surface area contributed by atoms with Gasteiger partial charge in [0.25, 0.3) is 11.5 Å². The zero-order valence-corrected chi connectivity index (χ0v) is 16.3. The van der Waals surface area contributed by atoms with Crippen LogP contribution in [0.4, 0.5) is 0 Å². The van der Waals surface area contributed by atoms with Gasteiger partial charge >= 0.3 is 0 Å². The summed E-state index contributed by atoms with van der Waals surface area (Å²) in [5, 5.41) is 12.1. The number of aryl methyl sites for hydroxylation is 1. The molecule has 0 saturated carbocycles. The van der Waals surface area contributed by atoms with E-state index in [9.17, 15) is 18.0 Å². The van der Waals surface area contributed by atoms with E-state index in [4.69, 9.17) is 5.14 Å². The summed E-state index contributed by atoms with van der Waals surface area (Å²) in [6.07, 6.45) is 0.506. The van der Waals surface area contributed by atoms with E-state index in [0.717, 1.165) is 5.56 Å². The van der Waals surface area contributed by atoms with Gasteiger partial charge in [0.1, 0.15) is 0 Å². The summed E-state index contributed by atoms with van der Waals surface area (Å²) < 4.78 is 23.9. The topological polar surface area (TPSA) is 124 Å². The lowest BCUT2D eigenvalue weighted by atomic mass is 10.1. The third-order valence-electron chi connectivity index (χ3n) is 4.21. The standard InChI is InChI=1S/C20H20N4O4S/c21-29(27,28)17-9-7-16(8-10-17)20(26)22-13-4-14-24-19(25)12-11-18(23-24)15-5-2-1-3-6-15/h1-3,5-12H,4,13-14H2,(H,22,26)(H2,21,27,28). The number of sulfonamides is 1. The predicted octanol–water partition coefficient (Wildman–Crippen LogP) is 1.38. The van der Waals surface area contributed by atoms with Crippen molar-refractivity contribution in [2.24, 2.45) is 5.14 Å². The zero-order valence-electron chi connectivity index (χ0n) is 15.5. The highest BCUT2D eigenvalue weighted by molar-refractivity contribution is 7.89. The molecule has 2 aromatic carbocycles. The lowest BCUT2D eigenvalue weighted by Crippen LogP contribution is -2.28. The van der Waals surface area contributed by atoms with Crippen LogP contribution >= 0.6 is 0 Å². The molecule has 150 valence electrons. The fourth-order valence-corrected chi connectivity index (χ4v) is 3.22. The summed E-state index contributed by atoms with van der Waals surface area (Å²) in [7, 11) is -3.80. The van der Waals surface area contributed by atoms with Crippen molar-refractivity contribution in [3.05, 3.63) is 82.6 Å². The molecule has 0 aliphatic rings. The maximum Gasteiger partial charge on any atom is 0.266 e. The smallest absolute Gasteiger partial charge is 0.266 e. The van der Waals surface area contributed by atoms with Crippen LogP contribution in [-0.4, -0.2) is 30.7 Å². The molecular weight excluding hydrogens is 392 g/mol. The number of carbonyl (C=O) groups excluding carboxylic acids is 1. The van der Waals surface area contributed by atoms with Gasteiger partial charge in [0.2, 0.25) is 10.0 Å². The van der Waals surface area contributed by atoms with Crippen LogP contribution in [0.5, 0.6) is 0 Å². The Bertz CT molecular complexity index is 1160. The van der Waals surface area contributed by atoms with Crippen LogP contribution in [0.25, 0.3) is 11.3 Å². The fraction of sp³-hybridized carbons (Fsp3) is 0.150. The second-order valence-electron chi connectivity index (χ2n) is 6.32. The van der Waals surface area contributed by atoms with Gasteiger partial charge < -0.3 is 5.32 Å². The number of nitrogens with two attached hydrogens (primary N) is 1. The highest BCUT2D eigenvalue weighted by atomic mass is 32.2. The first-order valence-corrected chi connectivity index (χ1v) is 10.4. The van der Waals surface area contributed by atoms with Gasteiger partial charge in [-0.25, -0.2) is 18.2 Å². The van der Waals surface area contributed by atoms with E-state index in [1.165, 1.54) is 35.0 Å². The Labute approximate surface area is 168 Å². The summed E-state index contributed by atoms with van der Waals surface area (Å²) in [5.41, 5.74) is 1.72. The van der Waals surface area contributed by atoms with E-state index >= 15 is 0 Å². The summed E-state index contributed by atoms with van der Waals surface area (Å²) in [6, 6.07) is 18.0. The van der Waals surface area contributed by atoms with Crippen LogP contribution < -0.4 is 16.0 Å². The van der Waals surface area contributed by atoms with Crippen LogP contribution in [0, 0.1) is 0 Å². The lowest BCUT2D eigenvalue weighted by Gasteiger charge is -2.08. The average molecular weight is 412 g/mol. The Hall–Kier alpha value is -3.30. The Balaban J connectivity index is 1.56. The predicted molar refractivity (Wildman–Crippen MR) is 109 cm³/mol. The third-order valence-corrected chi connectivity index (χ3v) is 5.14. The highest BCUT2D eigenvalue weighted by Crippen LogP contribution is 2.14. The van der Waals surface area contributed by atoms with Crippen LogP contribution in [-0.2, 0) is 16.6 Å². The number of nitrogens with zero attached hydrogens (tertiary/aromatic N) is 2. The summed E-state index contributed by atoms with van der Waals surface area (Å²) in [6.45, 7) is 0.684. The van der Waals surface area contributed by atoms with Crippen LogP contribution in [0.2, 0.25) is 0 Å². The van der Waals surface area contributed by atoms with Crippen molar-refractivity contribution in [3.63, 3.8) is 0 Å². The molecule has 3 aromatic rings. The maximum absolute atomic E-state index is 12.1. The number of hydrogen-bond donors (Lipinski definition) is 2. The number of rotatable bonds is 7. The molecule has 1 aromatic heterocycles. The van der Waals surface area contributed by atoms with Gasteiger partial charge in [-0.2, -0.15) is 5.10 Å². The van der Waals surface area contributed by atoms with Crippen molar-refractivity contribution in [3.8, 4) is 11.3 Å². The molecule has 1 heterocycles. The van der Waals surface area contributed by atoms with Crippen molar-refractivity contribution in [2.75, 3.05) is 6.54 Å². The molecule has 3 N–H and O–H groups in total. The Kier molecular flexibility index (Phi) is 6.20. The second-order valence-corrected chi connectivity index (χ2v) is 7.89. The normalized spacial score (nSPS) is 11.2. The van der Waals surface area contributed by atoms with Gasteiger partial charge in [-0.05, 0) is 36.8 Å². The van der Waals surface area contributed by atoms with Gasteiger partial charge in [0, 0.05) is 30.3 Å². The molecule has 0 unspecified atom stereocenters. The minimum Gasteiger partial charge on any atom is -0.352 e. The molecular formula is C20H20N4O4S. The molecule has 0 aliphatic heterocycles. The van der Waals surface area contributed by atoms with E-state index in [1.807, 2.05) is 30.3 Å². The van der Waals surface area contributed by atoms with Crippen molar-refractivity contribution in [1.29, 1.82) is 0 Å². The van der Waals surface area contributed by atoms with Gasteiger partial charge in [0.15, 0.2) is 0 Å². The average Bonchev–Trinajstić information content (AvgIpc) is 2.72. The van der Waals surface area contributed by atoms with Gasteiger partial charge in [-0.1, -0.05) is 30.3 Å². The minimum absolute atomic E-state index is 0.0576. The first kappa shape index (κ1) is 20.4. The van der Waals surface area contributed by atoms with Crippen LogP contribution in [0.15, 0.2) is 76.4 Å². The monoisotopic (exact) mass is 412 g/mol. The zero-order chi connectivity index (χ0) is 20.9. The third kappa shape index (κ3) is 5.37. The van der Waals surface area contributed by atoms with Crippen molar-refractivity contribution < 1.29 is 13.2 Å². The van der Waals surface area contributed by atoms with Crippen LogP contribution in [0.3, 0.4) is 0 Å². The number of carbonyl (C=O) groups is 1. The first-order valence-electron chi connectivity index (χ1n) is 8.89. The van der Waals surface area contributed by atoms with Gasteiger partial charge in [-0.3, -0.25) is 9.59 Å². The van der Waals surface area contributed by atoms with E-state index < -0.39 is 10.0 Å². The molecule has 0 radical (unpaired) electrons. The molecule has 0 atom stereocenters. The molecule has 0 bridgehead atoms. The van der Waals surface area contributed by atoms with Crippen LogP contribution in [0.1, 0.15) is 16.8 Å². The van der Waals surface area contributed by atoms with Gasteiger partial charge in [0.05, 0.1) is 10.6 Å². The lowest BCUT2D eigenvalue weighted by molar-refractivity contribution is 0.0952. The van der Waals surface area contributed by atoms with Crippen molar-refractivity contribution in [1.82, 2.24) is 15.1 Å². The molecule has 1 amide bonds. The molecule has 8 nitrogen and oxygen atoms in total. The van der Waals surface area contributed by atoms with E-state index in [1.54, 1.807) is 6.07 Å². The number of benzene rings is 2. The fourth-order valence-electron chi connectivity index (χ4n) is 2.70. The Morgan fingerprint density at radius 1 is 1.00 bits per heavy atom. The number of hydrogen-bond acceptors (Lipinski definition) is 5. The quantitative estimate of drug-likeness (QED) is 0.567.